The molecule has 1 atom stereocenters. The van der Waals surface area contributed by atoms with Crippen LogP contribution in [0, 0.1) is 6.92 Å². The number of likely N-dealkylation sites (tertiary alicyclic amines) is 1. The summed E-state index contributed by atoms with van der Waals surface area (Å²) in [7, 11) is -3.27. The summed E-state index contributed by atoms with van der Waals surface area (Å²) in [5.74, 6) is 0.108. The molecule has 1 fully saturated rings. The molecule has 0 radical (unpaired) electrons. The molecular formula is C15H21N5O2S2. The molecule has 0 amide bonds. The maximum atomic E-state index is 11.9. The largest absolute Gasteiger partial charge is 0.298 e. The molecule has 0 spiro atoms. The normalized spacial score (nSPS) is 19.5. The van der Waals surface area contributed by atoms with Gasteiger partial charge < -0.3 is 0 Å². The van der Waals surface area contributed by atoms with Crippen LogP contribution in [0.25, 0.3) is 6.20 Å². The van der Waals surface area contributed by atoms with E-state index in [0.29, 0.717) is 9.90 Å². The van der Waals surface area contributed by atoms with Crippen LogP contribution in [0.5, 0.6) is 0 Å². The van der Waals surface area contributed by atoms with Crippen LogP contribution in [-0.4, -0.2) is 52.0 Å². The summed E-state index contributed by atoms with van der Waals surface area (Å²) in [4.78, 5) is 2.33. The molecule has 1 aliphatic rings. The van der Waals surface area contributed by atoms with E-state index in [9.17, 15) is 8.42 Å². The Labute approximate surface area is 146 Å². The predicted molar refractivity (Wildman–Crippen MR) is 93.6 cm³/mol. The fraction of sp³-hybridized carbons (Fsp3) is 0.533. The zero-order valence-corrected chi connectivity index (χ0v) is 15.5. The summed E-state index contributed by atoms with van der Waals surface area (Å²) in [5.41, 5.74) is 2.78. The highest BCUT2D eigenvalue weighted by Crippen LogP contribution is 2.32. The van der Waals surface area contributed by atoms with Crippen molar-refractivity contribution in [3.63, 3.8) is 0 Å². The average molecular weight is 368 g/mol. The number of aryl methyl sites for hydroxylation is 1. The monoisotopic (exact) mass is 367 g/mol. The van der Waals surface area contributed by atoms with Gasteiger partial charge in [0, 0.05) is 54.8 Å². The minimum absolute atomic E-state index is 0.108. The van der Waals surface area contributed by atoms with Crippen LogP contribution in [-0.2, 0) is 16.4 Å². The Hall–Kier alpha value is -1.58. The van der Waals surface area contributed by atoms with E-state index in [-0.39, 0.29) is 5.92 Å². The minimum atomic E-state index is -3.27. The zero-order chi connectivity index (χ0) is 17.3. The maximum Gasteiger partial charge on any atom is 0.188 e. The van der Waals surface area contributed by atoms with Crippen molar-refractivity contribution in [1.82, 2.24) is 24.3 Å². The lowest BCUT2D eigenvalue weighted by atomic mass is 9.95. The van der Waals surface area contributed by atoms with Crippen molar-refractivity contribution < 1.29 is 8.42 Å². The third kappa shape index (κ3) is 3.57. The highest BCUT2D eigenvalue weighted by molar-refractivity contribution is 7.92. The first-order chi connectivity index (χ1) is 11.4. The molecule has 0 bridgehead atoms. The first-order valence-corrected chi connectivity index (χ1v) is 10.5. The molecule has 3 rings (SSSR count). The second-order valence-electron chi connectivity index (χ2n) is 6.19. The van der Waals surface area contributed by atoms with Gasteiger partial charge in [0.05, 0.1) is 11.4 Å². The molecule has 2 aromatic heterocycles. The maximum absolute atomic E-state index is 11.9. The smallest absolute Gasteiger partial charge is 0.188 e. The summed E-state index contributed by atoms with van der Waals surface area (Å²) in [6.07, 6.45) is 6.84. The van der Waals surface area contributed by atoms with Crippen LogP contribution < -0.4 is 0 Å². The fourth-order valence-electron chi connectivity index (χ4n) is 3.13. The third-order valence-electron chi connectivity index (χ3n) is 4.31. The Kier molecular flexibility index (Phi) is 4.84. The summed E-state index contributed by atoms with van der Waals surface area (Å²) in [6, 6.07) is 0. The molecule has 0 saturated carbocycles. The van der Waals surface area contributed by atoms with Gasteiger partial charge in [-0.1, -0.05) is 11.1 Å². The van der Waals surface area contributed by atoms with Gasteiger partial charge in [-0.25, -0.2) is 13.1 Å². The van der Waals surface area contributed by atoms with Crippen molar-refractivity contribution >= 4 is 27.6 Å². The first-order valence-electron chi connectivity index (χ1n) is 7.80. The lowest BCUT2D eigenvalue weighted by Gasteiger charge is -2.31. The number of hydrogen-bond donors (Lipinski definition) is 0. The minimum Gasteiger partial charge on any atom is -0.298 e. The van der Waals surface area contributed by atoms with Gasteiger partial charge in [0.15, 0.2) is 14.0 Å². The number of aromatic nitrogens is 4. The SMILES string of the molecule is C=Cn1cc(CN2CCCC(c3nnsc3S(C)(=O)=O)C2)c(C)n1. The topological polar surface area (TPSA) is 81.0 Å². The highest BCUT2D eigenvalue weighted by Gasteiger charge is 2.29. The number of nitrogens with zero attached hydrogens (tertiary/aromatic N) is 5. The Morgan fingerprint density at radius 3 is 2.96 bits per heavy atom. The van der Waals surface area contributed by atoms with Crippen molar-refractivity contribution in [2.24, 2.45) is 0 Å². The van der Waals surface area contributed by atoms with Crippen molar-refractivity contribution in [2.75, 3.05) is 19.3 Å². The molecule has 9 heteroatoms. The van der Waals surface area contributed by atoms with Gasteiger partial charge in [0.25, 0.3) is 0 Å². The van der Waals surface area contributed by atoms with Gasteiger partial charge in [-0.15, -0.1) is 5.10 Å². The van der Waals surface area contributed by atoms with Crippen molar-refractivity contribution in [2.45, 2.75) is 36.4 Å². The van der Waals surface area contributed by atoms with Crippen LogP contribution in [0.3, 0.4) is 0 Å². The van der Waals surface area contributed by atoms with Gasteiger partial charge in [-0.2, -0.15) is 5.10 Å². The van der Waals surface area contributed by atoms with E-state index in [4.69, 9.17) is 0 Å². The Morgan fingerprint density at radius 2 is 2.29 bits per heavy atom. The quantitative estimate of drug-likeness (QED) is 0.803. The molecule has 3 heterocycles. The molecule has 0 N–H and O–H groups in total. The second-order valence-corrected chi connectivity index (χ2v) is 9.16. The van der Waals surface area contributed by atoms with E-state index >= 15 is 0 Å². The first kappa shape index (κ1) is 17.2. The molecule has 2 aromatic rings. The molecule has 1 aliphatic heterocycles. The lowest BCUT2D eigenvalue weighted by molar-refractivity contribution is 0.197. The summed E-state index contributed by atoms with van der Waals surface area (Å²) >= 11 is 0.972. The van der Waals surface area contributed by atoms with Gasteiger partial charge in [-0.05, 0) is 26.3 Å². The molecule has 0 aliphatic carbocycles. The molecular weight excluding hydrogens is 346 g/mol. The molecule has 1 saturated heterocycles. The van der Waals surface area contributed by atoms with Gasteiger partial charge in [0.2, 0.25) is 0 Å². The van der Waals surface area contributed by atoms with Crippen LogP contribution in [0.4, 0.5) is 0 Å². The van der Waals surface area contributed by atoms with E-state index in [1.807, 2.05) is 13.1 Å². The lowest BCUT2D eigenvalue weighted by Crippen LogP contribution is -2.34. The van der Waals surface area contributed by atoms with E-state index in [0.717, 1.165) is 55.3 Å². The molecule has 0 aromatic carbocycles. The fourth-order valence-corrected chi connectivity index (χ4v) is 4.86. The molecule has 130 valence electrons. The summed E-state index contributed by atoms with van der Waals surface area (Å²) in [6.45, 7) is 8.28. The zero-order valence-electron chi connectivity index (χ0n) is 13.8. The standard InChI is InChI=1S/C15H21N5O2S2/c1-4-20-10-13(11(2)17-20)9-19-7-5-6-12(8-19)14-15(23-18-16-14)24(3,21)22/h4,10,12H,1,5-9H2,2-3H3. The Bertz CT molecular complexity index is 840. The van der Waals surface area contributed by atoms with Gasteiger partial charge >= 0.3 is 0 Å². The van der Waals surface area contributed by atoms with Crippen LogP contribution in [0.2, 0.25) is 0 Å². The van der Waals surface area contributed by atoms with Crippen molar-refractivity contribution in [1.29, 1.82) is 0 Å². The molecule has 7 nitrogen and oxygen atoms in total. The van der Waals surface area contributed by atoms with Gasteiger partial charge in [-0.3, -0.25) is 4.90 Å². The number of piperidine rings is 1. The van der Waals surface area contributed by atoms with E-state index < -0.39 is 9.84 Å². The Morgan fingerprint density at radius 1 is 1.50 bits per heavy atom. The summed E-state index contributed by atoms with van der Waals surface area (Å²) < 4.78 is 29.7. The number of hydrogen-bond acceptors (Lipinski definition) is 7. The van der Waals surface area contributed by atoms with Crippen LogP contribution in [0.15, 0.2) is 17.0 Å². The third-order valence-corrected chi connectivity index (χ3v) is 6.86. The van der Waals surface area contributed by atoms with E-state index in [1.54, 1.807) is 10.9 Å². The average Bonchev–Trinajstić information content (AvgIpc) is 3.15. The second kappa shape index (κ2) is 6.73. The number of rotatable bonds is 5. The van der Waals surface area contributed by atoms with Crippen LogP contribution >= 0.6 is 11.5 Å². The van der Waals surface area contributed by atoms with Gasteiger partial charge in [0.1, 0.15) is 0 Å². The molecule has 24 heavy (non-hydrogen) atoms. The van der Waals surface area contributed by atoms with Crippen molar-refractivity contribution in [3.05, 3.63) is 29.7 Å². The van der Waals surface area contributed by atoms with E-state index in [2.05, 4.69) is 26.2 Å². The predicted octanol–water partition coefficient (Wildman–Crippen LogP) is 1.93. The molecule has 1 unspecified atom stereocenters. The number of sulfone groups is 1. The van der Waals surface area contributed by atoms with E-state index in [1.165, 1.54) is 6.26 Å². The summed E-state index contributed by atoms with van der Waals surface area (Å²) in [5, 5.41) is 8.50. The highest BCUT2D eigenvalue weighted by atomic mass is 32.2. The Balaban J connectivity index is 1.76. The van der Waals surface area contributed by atoms with Crippen LogP contribution in [0.1, 0.15) is 35.7 Å². The van der Waals surface area contributed by atoms with Crippen molar-refractivity contribution in [3.8, 4) is 0 Å².